The molecule has 2 aromatic carbocycles. The highest BCUT2D eigenvalue weighted by Gasteiger charge is 2.33. The topological polar surface area (TPSA) is 82.0 Å². The zero-order valence-electron chi connectivity index (χ0n) is 12.8. The van der Waals surface area contributed by atoms with Crippen molar-refractivity contribution in [3.05, 3.63) is 72.3 Å². The summed E-state index contributed by atoms with van der Waals surface area (Å²) in [7, 11) is 0. The molecule has 3 rings (SSSR count). The van der Waals surface area contributed by atoms with Crippen LogP contribution in [-0.4, -0.2) is 29.2 Å². The summed E-state index contributed by atoms with van der Waals surface area (Å²) >= 11 is 0. The summed E-state index contributed by atoms with van der Waals surface area (Å²) in [6, 6.07) is 13.3. The minimum absolute atomic E-state index is 0.0866. The van der Waals surface area contributed by atoms with Crippen LogP contribution in [-0.2, 0) is 4.79 Å². The third kappa shape index (κ3) is 2.65. The van der Waals surface area contributed by atoms with Gasteiger partial charge in [-0.25, -0.2) is 5.43 Å². The molecule has 0 saturated carbocycles. The van der Waals surface area contributed by atoms with Gasteiger partial charge in [0.25, 0.3) is 11.8 Å². The minimum Gasteiger partial charge on any atom is -0.507 e. The Kier molecular flexibility index (Phi) is 4.11. The molecule has 0 spiro atoms. The number of phenolic OH excluding ortho intramolecular Hbond substituents is 1. The second-order valence-electron chi connectivity index (χ2n) is 5.14. The number of aromatic hydroxyl groups is 1. The molecule has 1 heterocycles. The fourth-order valence-corrected chi connectivity index (χ4v) is 2.51. The fraction of sp³-hybridized carbons (Fsp3) is 0.0556. The van der Waals surface area contributed by atoms with E-state index in [1.54, 1.807) is 30.3 Å². The molecule has 2 amide bonds. The van der Waals surface area contributed by atoms with Gasteiger partial charge < -0.3 is 10.0 Å². The third-order valence-corrected chi connectivity index (χ3v) is 3.63. The Morgan fingerprint density at radius 3 is 2.67 bits per heavy atom. The maximum Gasteiger partial charge on any atom is 0.279 e. The van der Waals surface area contributed by atoms with Crippen molar-refractivity contribution in [1.82, 2.24) is 5.43 Å². The first-order valence-electron chi connectivity index (χ1n) is 7.31. The van der Waals surface area contributed by atoms with Gasteiger partial charge in [-0.15, -0.1) is 6.58 Å². The zero-order chi connectivity index (χ0) is 17.1. The van der Waals surface area contributed by atoms with E-state index in [0.29, 0.717) is 12.1 Å². The molecule has 0 bridgehead atoms. The summed E-state index contributed by atoms with van der Waals surface area (Å²) in [4.78, 5) is 26.2. The van der Waals surface area contributed by atoms with Crippen LogP contribution < -0.4 is 10.3 Å². The first kappa shape index (κ1) is 15.5. The molecular formula is C18H15N3O3. The van der Waals surface area contributed by atoms with E-state index in [1.807, 2.05) is 12.1 Å². The van der Waals surface area contributed by atoms with E-state index in [1.165, 1.54) is 17.0 Å². The smallest absolute Gasteiger partial charge is 0.279 e. The van der Waals surface area contributed by atoms with Gasteiger partial charge in [-0.2, -0.15) is 5.10 Å². The van der Waals surface area contributed by atoms with Gasteiger partial charge in [-0.05, 0) is 18.2 Å². The van der Waals surface area contributed by atoms with Crippen LogP contribution in [0.5, 0.6) is 5.75 Å². The second-order valence-corrected chi connectivity index (χ2v) is 5.14. The Balaban J connectivity index is 1.90. The monoisotopic (exact) mass is 321 g/mol. The average Bonchev–Trinajstić information content (AvgIpc) is 2.86. The number of phenols is 1. The van der Waals surface area contributed by atoms with E-state index in [2.05, 4.69) is 17.1 Å². The van der Waals surface area contributed by atoms with Gasteiger partial charge in [-0.1, -0.05) is 36.4 Å². The standard InChI is InChI=1S/C18H15N3O3/c1-2-11-21-14-9-5-3-7-12(14)16(18(21)24)19-20-17(23)13-8-4-6-10-15(13)22/h2-10,22H,1,11H2,(H,20,23)/b19-16-. The predicted octanol–water partition coefficient (Wildman–Crippen LogP) is 2.06. The van der Waals surface area contributed by atoms with Gasteiger partial charge in [0.1, 0.15) is 5.75 Å². The number of hydrazone groups is 1. The van der Waals surface area contributed by atoms with E-state index in [9.17, 15) is 14.7 Å². The van der Waals surface area contributed by atoms with Gasteiger partial charge in [0.15, 0.2) is 5.71 Å². The molecular weight excluding hydrogens is 306 g/mol. The summed E-state index contributed by atoms with van der Waals surface area (Å²) < 4.78 is 0. The van der Waals surface area contributed by atoms with Crippen LogP contribution >= 0.6 is 0 Å². The fourth-order valence-electron chi connectivity index (χ4n) is 2.51. The van der Waals surface area contributed by atoms with Gasteiger partial charge in [0.2, 0.25) is 0 Å². The highest BCUT2D eigenvalue weighted by atomic mass is 16.3. The van der Waals surface area contributed by atoms with Crippen LogP contribution in [0.25, 0.3) is 0 Å². The minimum atomic E-state index is -0.590. The molecule has 0 saturated heterocycles. The summed E-state index contributed by atoms with van der Waals surface area (Å²) in [6.45, 7) is 4.00. The number of nitrogens with one attached hydrogen (secondary N) is 1. The Morgan fingerprint density at radius 1 is 1.21 bits per heavy atom. The van der Waals surface area contributed by atoms with E-state index in [-0.39, 0.29) is 22.9 Å². The van der Waals surface area contributed by atoms with Crippen LogP contribution in [0.3, 0.4) is 0 Å². The van der Waals surface area contributed by atoms with E-state index < -0.39 is 5.91 Å². The number of hydrogen-bond acceptors (Lipinski definition) is 4. The molecule has 0 unspecified atom stereocenters. The van der Waals surface area contributed by atoms with Crippen molar-refractivity contribution in [2.45, 2.75) is 0 Å². The van der Waals surface area contributed by atoms with Crippen LogP contribution in [0.15, 0.2) is 66.3 Å². The highest BCUT2D eigenvalue weighted by Crippen LogP contribution is 2.28. The molecule has 6 nitrogen and oxygen atoms in total. The number of nitrogens with zero attached hydrogens (tertiary/aromatic N) is 2. The molecule has 1 aliphatic heterocycles. The molecule has 6 heteroatoms. The first-order chi connectivity index (χ1) is 11.6. The SMILES string of the molecule is C=CCN1C(=O)/C(=N\NC(=O)c2ccccc2O)c2ccccc21. The number of amides is 2. The molecule has 1 aliphatic rings. The van der Waals surface area contributed by atoms with E-state index in [0.717, 1.165) is 5.69 Å². The van der Waals surface area contributed by atoms with Gasteiger partial charge in [0, 0.05) is 12.1 Å². The lowest BCUT2D eigenvalue weighted by Crippen LogP contribution is -2.31. The number of carbonyl (C=O) groups is 2. The molecule has 0 aliphatic carbocycles. The number of rotatable bonds is 4. The lowest BCUT2D eigenvalue weighted by atomic mass is 10.1. The Bertz CT molecular complexity index is 858. The molecule has 24 heavy (non-hydrogen) atoms. The summed E-state index contributed by atoms with van der Waals surface area (Å²) in [5.41, 5.74) is 3.93. The molecule has 0 aromatic heterocycles. The Morgan fingerprint density at radius 2 is 1.92 bits per heavy atom. The summed E-state index contributed by atoms with van der Waals surface area (Å²) in [5, 5.41) is 13.7. The number of fused-ring (bicyclic) bond motifs is 1. The molecule has 0 atom stereocenters. The predicted molar refractivity (Wildman–Crippen MR) is 91.1 cm³/mol. The first-order valence-corrected chi connectivity index (χ1v) is 7.31. The quantitative estimate of drug-likeness (QED) is 0.668. The Hall–Kier alpha value is -3.41. The number of hydrogen-bond donors (Lipinski definition) is 2. The third-order valence-electron chi connectivity index (χ3n) is 3.63. The van der Waals surface area contributed by atoms with E-state index >= 15 is 0 Å². The largest absolute Gasteiger partial charge is 0.507 e. The van der Waals surface area contributed by atoms with Crippen LogP contribution in [0.4, 0.5) is 5.69 Å². The lowest BCUT2D eigenvalue weighted by Gasteiger charge is -2.13. The van der Waals surface area contributed by atoms with Gasteiger partial charge >= 0.3 is 0 Å². The summed E-state index contributed by atoms with van der Waals surface area (Å²) in [6.07, 6.45) is 1.62. The van der Waals surface area contributed by atoms with Crippen LogP contribution in [0, 0.1) is 0 Å². The second kappa shape index (κ2) is 6.37. The number of anilines is 1. The van der Waals surface area contributed by atoms with Crippen molar-refractivity contribution in [3.8, 4) is 5.75 Å². The highest BCUT2D eigenvalue weighted by molar-refractivity contribution is 6.54. The molecule has 120 valence electrons. The number of para-hydroxylation sites is 2. The van der Waals surface area contributed by atoms with Crippen molar-refractivity contribution in [2.75, 3.05) is 11.4 Å². The zero-order valence-corrected chi connectivity index (χ0v) is 12.8. The molecule has 2 N–H and O–H groups in total. The average molecular weight is 321 g/mol. The van der Waals surface area contributed by atoms with Crippen molar-refractivity contribution < 1.29 is 14.7 Å². The summed E-state index contributed by atoms with van der Waals surface area (Å²) in [5.74, 6) is -1.05. The maximum atomic E-state index is 12.5. The van der Waals surface area contributed by atoms with Crippen molar-refractivity contribution in [3.63, 3.8) is 0 Å². The van der Waals surface area contributed by atoms with Gasteiger partial charge in [0.05, 0.1) is 11.3 Å². The lowest BCUT2D eigenvalue weighted by molar-refractivity contribution is -0.112. The number of benzene rings is 2. The maximum absolute atomic E-state index is 12.5. The number of carbonyl (C=O) groups excluding carboxylic acids is 2. The van der Waals surface area contributed by atoms with Crippen molar-refractivity contribution in [1.29, 1.82) is 0 Å². The normalized spacial score (nSPS) is 14.6. The molecule has 0 fully saturated rings. The Labute approximate surface area is 138 Å². The molecule has 0 radical (unpaired) electrons. The van der Waals surface area contributed by atoms with Crippen molar-refractivity contribution >= 4 is 23.2 Å². The van der Waals surface area contributed by atoms with E-state index in [4.69, 9.17) is 0 Å². The van der Waals surface area contributed by atoms with Gasteiger partial charge in [-0.3, -0.25) is 9.59 Å². The molecule has 2 aromatic rings. The van der Waals surface area contributed by atoms with Crippen LogP contribution in [0.1, 0.15) is 15.9 Å². The van der Waals surface area contributed by atoms with Crippen LogP contribution in [0.2, 0.25) is 0 Å². The van der Waals surface area contributed by atoms with Crippen molar-refractivity contribution in [2.24, 2.45) is 5.10 Å².